The van der Waals surface area contributed by atoms with E-state index >= 15 is 0 Å². The monoisotopic (exact) mass is 439 g/mol. The van der Waals surface area contributed by atoms with Gasteiger partial charge in [-0.15, -0.1) is 0 Å². The molecule has 0 amide bonds. The highest BCUT2D eigenvalue weighted by atomic mass is 32.2. The minimum Gasteiger partial charge on any atom is -0.468 e. The van der Waals surface area contributed by atoms with Crippen molar-refractivity contribution in [3.63, 3.8) is 0 Å². The average Bonchev–Trinajstić information content (AvgIpc) is 3.26. The van der Waals surface area contributed by atoms with Gasteiger partial charge in [0.05, 0.1) is 17.7 Å². The Morgan fingerprint density at radius 2 is 1.55 bits per heavy atom. The van der Waals surface area contributed by atoms with Crippen LogP contribution in [0, 0.1) is 13.8 Å². The first-order chi connectivity index (χ1) is 14.9. The lowest BCUT2D eigenvalue weighted by Gasteiger charge is -2.34. The zero-order chi connectivity index (χ0) is 21.8. The van der Waals surface area contributed by atoms with E-state index < -0.39 is 10.0 Å². The molecular weight excluding hydrogens is 410 g/mol. The lowest BCUT2D eigenvalue weighted by molar-refractivity contribution is 0.116. The third-order valence-corrected chi connectivity index (χ3v) is 7.20. The van der Waals surface area contributed by atoms with Crippen molar-refractivity contribution in [2.75, 3.05) is 30.9 Å². The number of anilines is 1. The van der Waals surface area contributed by atoms with E-state index in [2.05, 4.69) is 14.5 Å². The third kappa shape index (κ3) is 5.55. The van der Waals surface area contributed by atoms with Gasteiger partial charge in [0.15, 0.2) is 0 Å². The SMILES string of the molecule is Cc1ccc(S(=O)(=O)Nc2ccc(CN3CCN(Cc4ccco4)CC3)cc2)cc1C. The lowest BCUT2D eigenvalue weighted by Crippen LogP contribution is -2.45. The first-order valence-corrected chi connectivity index (χ1v) is 12.0. The van der Waals surface area contributed by atoms with Gasteiger partial charge in [-0.2, -0.15) is 0 Å². The van der Waals surface area contributed by atoms with Gasteiger partial charge in [0, 0.05) is 38.4 Å². The summed E-state index contributed by atoms with van der Waals surface area (Å²) in [7, 11) is -3.59. The van der Waals surface area contributed by atoms with Crippen LogP contribution in [0.2, 0.25) is 0 Å². The Labute approximate surface area is 184 Å². The molecule has 1 N–H and O–H groups in total. The van der Waals surface area contributed by atoms with E-state index in [-0.39, 0.29) is 4.90 Å². The molecule has 0 aliphatic carbocycles. The Kier molecular flexibility index (Phi) is 6.46. The van der Waals surface area contributed by atoms with Crippen molar-refractivity contribution in [2.24, 2.45) is 0 Å². The molecule has 3 aromatic rings. The molecule has 0 saturated carbocycles. The van der Waals surface area contributed by atoms with Crippen molar-refractivity contribution in [3.8, 4) is 0 Å². The molecular formula is C24H29N3O3S. The first kappa shape index (κ1) is 21.6. The van der Waals surface area contributed by atoms with Crippen LogP contribution in [0.1, 0.15) is 22.5 Å². The second kappa shape index (κ2) is 9.26. The normalized spacial score (nSPS) is 15.8. The Morgan fingerprint density at radius 3 is 2.16 bits per heavy atom. The molecule has 0 atom stereocenters. The largest absolute Gasteiger partial charge is 0.468 e. The van der Waals surface area contributed by atoms with E-state index in [9.17, 15) is 8.42 Å². The Hall–Kier alpha value is -2.61. The van der Waals surface area contributed by atoms with Gasteiger partial charge in [-0.05, 0) is 66.9 Å². The predicted octanol–water partition coefficient (Wildman–Crippen LogP) is 4.02. The minimum atomic E-state index is -3.59. The molecule has 4 rings (SSSR count). The summed E-state index contributed by atoms with van der Waals surface area (Å²) in [6.07, 6.45) is 1.72. The zero-order valence-corrected chi connectivity index (χ0v) is 18.9. The van der Waals surface area contributed by atoms with Crippen LogP contribution in [0.5, 0.6) is 0 Å². The van der Waals surface area contributed by atoms with Crippen molar-refractivity contribution < 1.29 is 12.8 Å². The van der Waals surface area contributed by atoms with Crippen LogP contribution in [-0.2, 0) is 23.1 Å². The first-order valence-electron chi connectivity index (χ1n) is 10.6. The molecule has 2 aromatic carbocycles. The maximum atomic E-state index is 12.7. The van der Waals surface area contributed by atoms with Crippen molar-refractivity contribution in [3.05, 3.63) is 83.3 Å². The number of furan rings is 1. The summed E-state index contributed by atoms with van der Waals surface area (Å²) in [4.78, 5) is 5.11. The summed E-state index contributed by atoms with van der Waals surface area (Å²) in [6, 6.07) is 16.8. The maximum absolute atomic E-state index is 12.7. The van der Waals surface area contributed by atoms with Gasteiger partial charge in [0.2, 0.25) is 0 Å². The summed E-state index contributed by atoms with van der Waals surface area (Å²) in [6.45, 7) is 9.62. The second-order valence-electron chi connectivity index (χ2n) is 8.18. The van der Waals surface area contributed by atoms with Crippen molar-refractivity contribution in [1.29, 1.82) is 0 Å². The van der Waals surface area contributed by atoms with Crippen molar-refractivity contribution >= 4 is 15.7 Å². The number of aryl methyl sites for hydroxylation is 2. The Bertz CT molecular complexity index is 1100. The molecule has 6 nitrogen and oxygen atoms in total. The standard InChI is InChI=1S/C24H29N3O3S/c1-19-5-10-24(16-20(19)2)31(28,29)25-22-8-6-21(7-9-22)17-26-11-13-27(14-12-26)18-23-4-3-15-30-23/h3-10,15-16,25H,11-14,17-18H2,1-2H3. The molecule has 1 saturated heterocycles. The highest BCUT2D eigenvalue weighted by molar-refractivity contribution is 7.92. The summed E-state index contributed by atoms with van der Waals surface area (Å²) < 4.78 is 33.5. The second-order valence-corrected chi connectivity index (χ2v) is 9.86. The van der Waals surface area contributed by atoms with E-state index in [1.807, 2.05) is 56.3 Å². The zero-order valence-electron chi connectivity index (χ0n) is 18.0. The fourth-order valence-corrected chi connectivity index (χ4v) is 4.90. The van der Waals surface area contributed by atoms with Gasteiger partial charge >= 0.3 is 0 Å². The summed E-state index contributed by atoms with van der Waals surface area (Å²) in [5.41, 5.74) is 3.78. The predicted molar refractivity (Wildman–Crippen MR) is 122 cm³/mol. The smallest absolute Gasteiger partial charge is 0.261 e. The van der Waals surface area contributed by atoms with Gasteiger partial charge in [-0.3, -0.25) is 14.5 Å². The number of piperazine rings is 1. The molecule has 31 heavy (non-hydrogen) atoms. The van der Waals surface area contributed by atoms with Crippen LogP contribution in [0.15, 0.2) is 70.2 Å². The molecule has 7 heteroatoms. The molecule has 0 unspecified atom stereocenters. The Balaban J connectivity index is 1.31. The molecule has 164 valence electrons. The maximum Gasteiger partial charge on any atom is 0.261 e. The summed E-state index contributed by atoms with van der Waals surface area (Å²) >= 11 is 0. The van der Waals surface area contributed by atoms with Gasteiger partial charge in [0.1, 0.15) is 5.76 Å². The number of benzene rings is 2. The minimum absolute atomic E-state index is 0.284. The van der Waals surface area contributed by atoms with E-state index in [1.54, 1.807) is 18.4 Å². The van der Waals surface area contributed by atoms with Crippen LogP contribution >= 0.6 is 0 Å². The summed E-state index contributed by atoms with van der Waals surface area (Å²) in [5.74, 6) is 1.01. The Morgan fingerprint density at radius 1 is 0.871 bits per heavy atom. The molecule has 1 aliphatic rings. The highest BCUT2D eigenvalue weighted by Crippen LogP contribution is 2.20. The van der Waals surface area contributed by atoms with E-state index in [0.717, 1.165) is 56.2 Å². The van der Waals surface area contributed by atoms with Crippen LogP contribution in [0.3, 0.4) is 0 Å². The van der Waals surface area contributed by atoms with Crippen LogP contribution in [0.25, 0.3) is 0 Å². The van der Waals surface area contributed by atoms with Crippen molar-refractivity contribution in [2.45, 2.75) is 31.8 Å². The molecule has 1 aromatic heterocycles. The lowest BCUT2D eigenvalue weighted by atomic mass is 10.1. The summed E-state index contributed by atoms with van der Waals surface area (Å²) in [5, 5.41) is 0. The number of hydrogen-bond acceptors (Lipinski definition) is 5. The molecule has 1 fully saturated rings. The number of rotatable bonds is 7. The van der Waals surface area contributed by atoms with Gasteiger partial charge in [0.25, 0.3) is 10.0 Å². The number of hydrogen-bond donors (Lipinski definition) is 1. The topological polar surface area (TPSA) is 65.8 Å². The van der Waals surface area contributed by atoms with E-state index in [1.165, 1.54) is 5.56 Å². The average molecular weight is 440 g/mol. The van der Waals surface area contributed by atoms with E-state index in [4.69, 9.17) is 4.42 Å². The fraction of sp³-hybridized carbons (Fsp3) is 0.333. The number of nitrogens with one attached hydrogen (secondary N) is 1. The number of sulfonamides is 1. The quantitative estimate of drug-likeness (QED) is 0.602. The van der Waals surface area contributed by atoms with Crippen LogP contribution in [-0.4, -0.2) is 44.4 Å². The van der Waals surface area contributed by atoms with Gasteiger partial charge in [-0.1, -0.05) is 18.2 Å². The van der Waals surface area contributed by atoms with E-state index in [0.29, 0.717) is 5.69 Å². The molecule has 0 spiro atoms. The van der Waals surface area contributed by atoms with Gasteiger partial charge in [-0.25, -0.2) is 8.42 Å². The molecule has 0 radical (unpaired) electrons. The van der Waals surface area contributed by atoms with Crippen LogP contribution in [0.4, 0.5) is 5.69 Å². The highest BCUT2D eigenvalue weighted by Gasteiger charge is 2.18. The molecule has 1 aliphatic heterocycles. The fourth-order valence-electron chi connectivity index (χ4n) is 3.76. The van der Waals surface area contributed by atoms with Gasteiger partial charge < -0.3 is 4.42 Å². The van der Waals surface area contributed by atoms with Crippen molar-refractivity contribution in [1.82, 2.24) is 9.80 Å². The van der Waals surface area contributed by atoms with Crippen LogP contribution < -0.4 is 4.72 Å². The molecule has 0 bridgehead atoms. The molecule has 2 heterocycles. The third-order valence-electron chi connectivity index (χ3n) is 5.83. The number of nitrogens with zero attached hydrogens (tertiary/aromatic N) is 2.